The highest BCUT2D eigenvalue weighted by Crippen LogP contribution is 2.38. The summed E-state index contributed by atoms with van der Waals surface area (Å²) in [6, 6.07) is 18.6. The molecule has 4 aromatic carbocycles. The van der Waals surface area contributed by atoms with Gasteiger partial charge in [0.25, 0.3) is 0 Å². The van der Waals surface area contributed by atoms with Crippen LogP contribution < -0.4 is 0 Å². The van der Waals surface area contributed by atoms with Crippen LogP contribution in [-0.2, 0) is 0 Å². The van der Waals surface area contributed by atoms with E-state index in [0.29, 0.717) is 5.75 Å². The van der Waals surface area contributed by atoms with Gasteiger partial charge in [-0.15, -0.1) is 0 Å². The summed E-state index contributed by atoms with van der Waals surface area (Å²) in [5.41, 5.74) is 2.57. The molecule has 0 aromatic heterocycles. The first kappa shape index (κ1) is 12.2. The fourth-order valence-electron chi connectivity index (χ4n) is 3.23. The van der Waals surface area contributed by atoms with Gasteiger partial charge in [-0.2, -0.15) is 0 Å². The highest BCUT2D eigenvalue weighted by molar-refractivity contribution is 6.16. The fraction of sp³-hybridized carbons (Fsp3) is 0.100. The van der Waals surface area contributed by atoms with Crippen LogP contribution in [-0.4, -0.2) is 5.11 Å². The van der Waals surface area contributed by atoms with Crippen molar-refractivity contribution in [3.8, 4) is 5.75 Å². The number of benzene rings is 4. The summed E-state index contributed by atoms with van der Waals surface area (Å²) < 4.78 is 0. The molecule has 0 aliphatic heterocycles. The number of phenols is 1. The van der Waals surface area contributed by atoms with E-state index in [0.717, 1.165) is 21.5 Å². The van der Waals surface area contributed by atoms with Crippen molar-refractivity contribution in [2.45, 2.75) is 13.8 Å². The second-order valence-corrected chi connectivity index (χ2v) is 5.71. The van der Waals surface area contributed by atoms with Gasteiger partial charge < -0.3 is 5.11 Å². The van der Waals surface area contributed by atoms with E-state index in [2.05, 4.69) is 44.2 Å². The maximum atomic E-state index is 10.6. The van der Waals surface area contributed by atoms with Crippen molar-refractivity contribution < 1.29 is 5.11 Å². The molecular formula is C20H16O. The zero-order valence-corrected chi connectivity index (χ0v) is 12.1. The number of rotatable bonds is 0. The van der Waals surface area contributed by atoms with Gasteiger partial charge in [0.05, 0.1) is 0 Å². The molecule has 102 valence electrons. The third-order valence-electron chi connectivity index (χ3n) is 4.53. The molecule has 1 nitrogen and oxygen atoms in total. The smallest absolute Gasteiger partial charge is 0.131 e. The van der Waals surface area contributed by atoms with E-state index in [-0.39, 0.29) is 0 Å². The van der Waals surface area contributed by atoms with Gasteiger partial charge in [-0.3, -0.25) is 0 Å². The van der Waals surface area contributed by atoms with Crippen LogP contribution in [0.3, 0.4) is 0 Å². The molecule has 0 heterocycles. The van der Waals surface area contributed by atoms with Crippen LogP contribution in [0.4, 0.5) is 0 Å². The average molecular weight is 272 g/mol. The summed E-state index contributed by atoms with van der Waals surface area (Å²) in [5, 5.41) is 17.1. The number of hydrogen-bond acceptors (Lipinski definition) is 1. The van der Waals surface area contributed by atoms with E-state index >= 15 is 0 Å². The molecule has 1 heteroatoms. The minimum Gasteiger partial charge on any atom is -0.507 e. The summed E-state index contributed by atoms with van der Waals surface area (Å²) in [7, 11) is 0. The molecule has 0 unspecified atom stereocenters. The Morgan fingerprint density at radius 1 is 0.714 bits per heavy atom. The Labute approximate surface area is 123 Å². The Morgan fingerprint density at radius 2 is 1.48 bits per heavy atom. The zero-order chi connectivity index (χ0) is 14.6. The predicted octanol–water partition coefficient (Wildman–Crippen LogP) is 5.47. The lowest BCUT2D eigenvalue weighted by Gasteiger charge is -2.12. The number of fused-ring (bicyclic) bond motifs is 4. The lowest BCUT2D eigenvalue weighted by molar-refractivity contribution is 0.488. The molecule has 0 aliphatic carbocycles. The van der Waals surface area contributed by atoms with Gasteiger partial charge in [-0.1, -0.05) is 48.5 Å². The van der Waals surface area contributed by atoms with E-state index < -0.39 is 0 Å². The molecule has 0 radical (unpaired) electrons. The van der Waals surface area contributed by atoms with Crippen LogP contribution in [0.15, 0.2) is 54.6 Å². The third kappa shape index (κ3) is 1.64. The van der Waals surface area contributed by atoms with E-state index in [1.807, 2.05) is 24.3 Å². The van der Waals surface area contributed by atoms with Crippen molar-refractivity contribution >= 4 is 32.3 Å². The molecule has 4 rings (SSSR count). The van der Waals surface area contributed by atoms with Gasteiger partial charge in [0, 0.05) is 10.8 Å². The van der Waals surface area contributed by atoms with Gasteiger partial charge in [0.2, 0.25) is 0 Å². The molecule has 0 aliphatic rings. The average Bonchev–Trinajstić information content (AvgIpc) is 2.51. The van der Waals surface area contributed by atoms with Crippen molar-refractivity contribution in [2.75, 3.05) is 0 Å². The van der Waals surface area contributed by atoms with Crippen LogP contribution >= 0.6 is 0 Å². The first-order valence-corrected chi connectivity index (χ1v) is 7.20. The van der Waals surface area contributed by atoms with Gasteiger partial charge in [0.15, 0.2) is 0 Å². The van der Waals surface area contributed by atoms with Gasteiger partial charge >= 0.3 is 0 Å². The predicted molar refractivity (Wildman–Crippen MR) is 90.1 cm³/mol. The summed E-state index contributed by atoms with van der Waals surface area (Å²) >= 11 is 0. The van der Waals surface area contributed by atoms with E-state index in [9.17, 15) is 5.11 Å². The lowest BCUT2D eigenvalue weighted by atomic mass is 9.93. The first-order valence-electron chi connectivity index (χ1n) is 7.20. The Kier molecular flexibility index (Phi) is 2.46. The molecule has 0 spiro atoms. The minimum atomic E-state index is 0.380. The minimum absolute atomic E-state index is 0.380. The molecule has 1 N–H and O–H groups in total. The number of aryl methyl sites for hydroxylation is 2. The SMILES string of the molecule is Cc1ccc2ccc3c(O)c4ccccc4cc3c2c1C. The van der Waals surface area contributed by atoms with Crippen molar-refractivity contribution in [1.29, 1.82) is 0 Å². The maximum Gasteiger partial charge on any atom is 0.131 e. The summed E-state index contributed by atoms with van der Waals surface area (Å²) in [5.74, 6) is 0.380. The molecule has 0 saturated heterocycles. The Hall–Kier alpha value is -2.54. The summed E-state index contributed by atoms with van der Waals surface area (Å²) in [6.07, 6.45) is 0. The van der Waals surface area contributed by atoms with Crippen molar-refractivity contribution in [3.63, 3.8) is 0 Å². The summed E-state index contributed by atoms with van der Waals surface area (Å²) in [6.45, 7) is 4.29. The molecule has 21 heavy (non-hydrogen) atoms. The van der Waals surface area contributed by atoms with Crippen LogP contribution in [0, 0.1) is 13.8 Å². The molecule has 4 aromatic rings. The number of aromatic hydroxyl groups is 1. The molecule has 0 amide bonds. The van der Waals surface area contributed by atoms with Crippen LogP contribution in [0.25, 0.3) is 32.3 Å². The molecule has 0 bridgehead atoms. The van der Waals surface area contributed by atoms with Crippen molar-refractivity contribution in [3.05, 3.63) is 65.7 Å². The van der Waals surface area contributed by atoms with E-state index in [4.69, 9.17) is 0 Å². The van der Waals surface area contributed by atoms with Crippen LogP contribution in [0.5, 0.6) is 5.75 Å². The monoisotopic (exact) mass is 272 g/mol. The Bertz CT molecular complexity index is 1010. The molecule has 0 saturated carbocycles. The second-order valence-electron chi connectivity index (χ2n) is 5.71. The van der Waals surface area contributed by atoms with Crippen molar-refractivity contribution in [1.82, 2.24) is 0 Å². The lowest BCUT2D eigenvalue weighted by Crippen LogP contribution is -1.87. The zero-order valence-electron chi connectivity index (χ0n) is 12.1. The summed E-state index contributed by atoms with van der Waals surface area (Å²) in [4.78, 5) is 0. The Morgan fingerprint density at radius 3 is 2.33 bits per heavy atom. The first-order chi connectivity index (χ1) is 10.2. The quantitative estimate of drug-likeness (QED) is 0.332. The van der Waals surface area contributed by atoms with Crippen LogP contribution in [0.2, 0.25) is 0 Å². The molecule has 0 atom stereocenters. The molecule has 0 fully saturated rings. The highest BCUT2D eigenvalue weighted by Gasteiger charge is 2.11. The Balaban J connectivity index is 2.33. The largest absolute Gasteiger partial charge is 0.507 e. The van der Waals surface area contributed by atoms with E-state index in [1.54, 1.807) is 0 Å². The van der Waals surface area contributed by atoms with Crippen LogP contribution in [0.1, 0.15) is 11.1 Å². The third-order valence-corrected chi connectivity index (χ3v) is 4.53. The topological polar surface area (TPSA) is 20.2 Å². The van der Waals surface area contributed by atoms with Gasteiger partial charge in [-0.25, -0.2) is 0 Å². The van der Waals surface area contributed by atoms with Gasteiger partial charge in [-0.05, 0) is 52.6 Å². The number of phenolic OH excluding ortho intramolecular Hbond substituents is 1. The molecular weight excluding hydrogens is 256 g/mol. The van der Waals surface area contributed by atoms with Crippen molar-refractivity contribution in [2.24, 2.45) is 0 Å². The highest BCUT2D eigenvalue weighted by atomic mass is 16.3. The maximum absolute atomic E-state index is 10.6. The number of hydrogen-bond donors (Lipinski definition) is 1. The van der Waals surface area contributed by atoms with E-state index in [1.165, 1.54) is 21.9 Å². The standard InChI is InChI=1S/C20H16O/c1-12-7-8-14-9-10-17-18(19(14)13(12)2)11-15-5-3-4-6-16(15)20(17)21/h3-11,21H,1-2H3. The van der Waals surface area contributed by atoms with Gasteiger partial charge in [0.1, 0.15) is 5.75 Å². The fourth-order valence-corrected chi connectivity index (χ4v) is 3.23. The second kappa shape index (κ2) is 4.23. The normalized spacial score (nSPS) is 11.5.